The number of carbonyl (C=O) groups excluding carboxylic acids is 1. The Bertz CT molecular complexity index is 387. The Morgan fingerprint density at radius 1 is 1.19 bits per heavy atom. The number of hydrogen-bond donors (Lipinski definition) is 1. The average Bonchev–Trinajstić information content (AvgIpc) is 2.75. The van der Waals surface area contributed by atoms with Crippen molar-refractivity contribution in [2.24, 2.45) is 11.8 Å². The molecule has 0 amide bonds. The minimum absolute atomic E-state index is 0.277. The first kappa shape index (κ1) is 10.0. The van der Waals surface area contributed by atoms with Crippen LogP contribution in [0.2, 0.25) is 0 Å². The van der Waals surface area contributed by atoms with Crippen molar-refractivity contribution in [3.8, 4) is 0 Å². The van der Waals surface area contributed by atoms with E-state index in [4.69, 9.17) is 0 Å². The zero-order valence-corrected chi connectivity index (χ0v) is 9.36. The van der Waals surface area contributed by atoms with Crippen molar-refractivity contribution >= 4 is 5.78 Å². The van der Waals surface area contributed by atoms with E-state index in [0.717, 1.165) is 19.4 Å². The van der Waals surface area contributed by atoms with E-state index in [1.165, 1.54) is 12.0 Å². The van der Waals surface area contributed by atoms with E-state index in [1.807, 2.05) is 6.07 Å². The molecule has 1 N–H and O–H groups in total. The first-order valence-electron chi connectivity index (χ1n) is 6.17. The van der Waals surface area contributed by atoms with Gasteiger partial charge in [-0.3, -0.25) is 4.79 Å². The van der Waals surface area contributed by atoms with E-state index in [2.05, 4.69) is 29.6 Å². The second-order valence-electron chi connectivity index (χ2n) is 4.93. The molecule has 2 nitrogen and oxygen atoms in total. The van der Waals surface area contributed by atoms with Crippen LogP contribution in [-0.4, -0.2) is 12.3 Å². The van der Waals surface area contributed by atoms with Crippen LogP contribution in [0, 0.1) is 11.8 Å². The average molecular weight is 215 g/mol. The summed E-state index contributed by atoms with van der Waals surface area (Å²) in [6, 6.07) is 10.9. The summed E-state index contributed by atoms with van der Waals surface area (Å²) in [5.74, 6) is 1.28. The van der Waals surface area contributed by atoms with Crippen molar-refractivity contribution in [2.75, 3.05) is 6.54 Å². The summed E-state index contributed by atoms with van der Waals surface area (Å²) in [6.07, 6.45) is 3.07. The Hall–Kier alpha value is -1.15. The van der Waals surface area contributed by atoms with Crippen molar-refractivity contribution in [1.29, 1.82) is 0 Å². The lowest BCUT2D eigenvalue weighted by Gasteiger charge is -2.27. The minimum Gasteiger partial charge on any atom is -0.309 e. The Morgan fingerprint density at radius 3 is 2.81 bits per heavy atom. The van der Waals surface area contributed by atoms with Gasteiger partial charge in [0, 0.05) is 24.9 Å². The molecule has 3 unspecified atom stereocenters. The summed E-state index contributed by atoms with van der Waals surface area (Å²) >= 11 is 0. The summed E-state index contributed by atoms with van der Waals surface area (Å²) in [5.41, 5.74) is 1.34. The molecule has 0 aromatic heterocycles. The molecule has 16 heavy (non-hydrogen) atoms. The predicted octanol–water partition coefficient (Wildman–Crippen LogP) is 2.32. The number of fused-ring (bicyclic) bond motifs is 1. The quantitative estimate of drug-likeness (QED) is 0.779. The third-order valence-electron chi connectivity index (χ3n) is 4.04. The van der Waals surface area contributed by atoms with Crippen LogP contribution in [0.3, 0.4) is 0 Å². The van der Waals surface area contributed by atoms with Crippen molar-refractivity contribution in [1.82, 2.24) is 5.32 Å². The Balaban J connectivity index is 1.86. The van der Waals surface area contributed by atoms with Gasteiger partial charge in [-0.1, -0.05) is 30.3 Å². The van der Waals surface area contributed by atoms with Crippen LogP contribution in [0.25, 0.3) is 0 Å². The summed E-state index contributed by atoms with van der Waals surface area (Å²) in [6.45, 7) is 0.878. The van der Waals surface area contributed by atoms with Crippen LogP contribution in [0.4, 0.5) is 0 Å². The fraction of sp³-hybridized carbons (Fsp3) is 0.500. The van der Waals surface area contributed by atoms with Crippen LogP contribution in [-0.2, 0) is 4.79 Å². The molecule has 1 aromatic rings. The normalized spacial score (nSPS) is 33.8. The maximum Gasteiger partial charge on any atom is 0.137 e. The van der Waals surface area contributed by atoms with Gasteiger partial charge in [-0.15, -0.1) is 0 Å². The lowest BCUT2D eigenvalue weighted by atomic mass is 9.76. The highest BCUT2D eigenvalue weighted by molar-refractivity contribution is 5.82. The Labute approximate surface area is 96.1 Å². The second-order valence-corrected chi connectivity index (χ2v) is 4.93. The van der Waals surface area contributed by atoms with Crippen LogP contribution >= 0.6 is 0 Å². The van der Waals surface area contributed by atoms with Gasteiger partial charge in [-0.05, 0) is 24.3 Å². The van der Waals surface area contributed by atoms with E-state index in [-0.39, 0.29) is 5.92 Å². The van der Waals surface area contributed by atoms with Gasteiger partial charge in [-0.2, -0.15) is 0 Å². The fourth-order valence-corrected chi connectivity index (χ4v) is 3.23. The molecule has 0 radical (unpaired) electrons. The topological polar surface area (TPSA) is 29.1 Å². The lowest BCUT2D eigenvalue weighted by Crippen LogP contribution is -2.27. The molecule has 3 atom stereocenters. The SMILES string of the molecule is O=C1CCCC2C1CNC2c1ccccc1. The third-order valence-corrected chi connectivity index (χ3v) is 4.04. The highest BCUT2D eigenvalue weighted by Gasteiger charge is 2.41. The molecule has 1 aliphatic heterocycles. The molecule has 2 heteroatoms. The number of hydrogen-bond acceptors (Lipinski definition) is 2. The van der Waals surface area contributed by atoms with Gasteiger partial charge in [0.15, 0.2) is 0 Å². The molecule has 2 aliphatic rings. The smallest absolute Gasteiger partial charge is 0.137 e. The molecular formula is C14H17NO. The van der Waals surface area contributed by atoms with E-state index in [1.54, 1.807) is 0 Å². The van der Waals surface area contributed by atoms with Crippen LogP contribution in [0.15, 0.2) is 30.3 Å². The van der Waals surface area contributed by atoms with E-state index >= 15 is 0 Å². The van der Waals surface area contributed by atoms with Gasteiger partial charge in [-0.25, -0.2) is 0 Å². The predicted molar refractivity (Wildman–Crippen MR) is 63.0 cm³/mol. The van der Waals surface area contributed by atoms with Gasteiger partial charge in [0.25, 0.3) is 0 Å². The first-order chi connectivity index (χ1) is 7.86. The standard InChI is InChI=1S/C14H17NO/c16-13-8-4-7-11-12(13)9-15-14(11)10-5-2-1-3-6-10/h1-3,5-6,11-12,14-15H,4,7-9H2. The highest BCUT2D eigenvalue weighted by Crippen LogP contribution is 2.40. The van der Waals surface area contributed by atoms with Crippen molar-refractivity contribution in [3.05, 3.63) is 35.9 Å². The van der Waals surface area contributed by atoms with Gasteiger partial charge >= 0.3 is 0 Å². The number of Topliss-reactive ketones (excluding diaryl/α,β-unsaturated/α-hetero) is 1. The van der Waals surface area contributed by atoms with Gasteiger partial charge in [0.2, 0.25) is 0 Å². The molecule has 84 valence electrons. The zero-order chi connectivity index (χ0) is 11.0. The first-order valence-corrected chi connectivity index (χ1v) is 6.17. The molecule has 1 aromatic carbocycles. The molecule has 0 spiro atoms. The van der Waals surface area contributed by atoms with E-state index < -0.39 is 0 Å². The zero-order valence-electron chi connectivity index (χ0n) is 9.36. The highest BCUT2D eigenvalue weighted by atomic mass is 16.1. The maximum atomic E-state index is 11.8. The molecule has 1 saturated heterocycles. The van der Waals surface area contributed by atoms with Crippen LogP contribution < -0.4 is 5.32 Å². The van der Waals surface area contributed by atoms with Crippen LogP contribution in [0.1, 0.15) is 30.9 Å². The van der Waals surface area contributed by atoms with Crippen molar-refractivity contribution in [2.45, 2.75) is 25.3 Å². The Kier molecular flexibility index (Phi) is 2.52. The van der Waals surface area contributed by atoms with E-state index in [0.29, 0.717) is 17.7 Å². The minimum atomic E-state index is 0.277. The Morgan fingerprint density at radius 2 is 2.00 bits per heavy atom. The molecule has 2 fully saturated rings. The van der Waals surface area contributed by atoms with Crippen LogP contribution in [0.5, 0.6) is 0 Å². The van der Waals surface area contributed by atoms with Gasteiger partial charge in [0.1, 0.15) is 5.78 Å². The second kappa shape index (κ2) is 4.02. The van der Waals surface area contributed by atoms with Crippen molar-refractivity contribution in [3.63, 3.8) is 0 Å². The molecule has 1 heterocycles. The molecule has 1 saturated carbocycles. The maximum absolute atomic E-state index is 11.8. The molecule has 1 aliphatic carbocycles. The van der Waals surface area contributed by atoms with Crippen molar-refractivity contribution < 1.29 is 4.79 Å². The number of ketones is 1. The van der Waals surface area contributed by atoms with Gasteiger partial charge < -0.3 is 5.32 Å². The molecule has 3 rings (SSSR count). The number of carbonyl (C=O) groups is 1. The van der Waals surface area contributed by atoms with Gasteiger partial charge in [0.05, 0.1) is 0 Å². The summed E-state index contributed by atoms with van der Waals surface area (Å²) in [7, 11) is 0. The number of rotatable bonds is 1. The third kappa shape index (κ3) is 1.57. The number of benzene rings is 1. The summed E-state index contributed by atoms with van der Waals surface area (Å²) < 4.78 is 0. The fourth-order valence-electron chi connectivity index (χ4n) is 3.23. The summed E-state index contributed by atoms with van der Waals surface area (Å²) in [4.78, 5) is 11.8. The summed E-state index contributed by atoms with van der Waals surface area (Å²) in [5, 5.41) is 3.52. The monoisotopic (exact) mass is 215 g/mol. The number of nitrogens with one attached hydrogen (secondary N) is 1. The largest absolute Gasteiger partial charge is 0.309 e. The molecule has 0 bridgehead atoms. The molecular weight excluding hydrogens is 198 g/mol. The lowest BCUT2D eigenvalue weighted by molar-refractivity contribution is -0.125. The van der Waals surface area contributed by atoms with E-state index in [9.17, 15) is 4.79 Å².